The molecule has 1 saturated heterocycles. The number of rotatable bonds is 7. The second-order valence-electron chi connectivity index (χ2n) is 6.84. The molecule has 2 N–H and O–H groups in total. The summed E-state index contributed by atoms with van der Waals surface area (Å²) >= 11 is 0. The predicted octanol–water partition coefficient (Wildman–Crippen LogP) is 2.82. The van der Waals surface area contributed by atoms with Crippen LogP contribution in [-0.4, -0.2) is 44.6 Å². The minimum atomic E-state index is -3.33. The molecular weight excluding hydrogens is 338 g/mol. The maximum Gasteiger partial charge on any atom is 0.241 e. The number of benzene rings is 1. The fraction of sp³-hybridized carbons (Fsp3) is 0.611. The molecule has 0 aliphatic carbocycles. The first-order valence-corrected chi connectivity index (χ1v) is 10.6. The van der Waals surface area contributed by atoms with Gasteiger partial charge in [-0.05, 0) is 49.8 Å². The minimum absolute atomic E-state index is 0.0860. The Hall–Kier alpha value is -1.76. The molecule has 1 aromatic carbocycles. The molecule has 0 radical (unpaired) electrons. The Kier molecular flexibility index (Phi) is 6.70. The van der Waals surface area contributed by atoms with Crippen LogP contribution in [0, 0.1) is 12.8 Å². The molecule has 1 amide bonds. The lowest BCUT2D eigenvalue weighted by atomic mass is 10.0. The van der Waals surface area contributed by atoms with Crippen LogP contribution in [0.1, 0.15) is 38.7 Å². The van der Waals surface area contributed by atoms with Crippen molar-refractivity contribution in [2.24, 2.45) is 5.92 Å². The van der Waals surface area contributed by atoms with Crippen LogP contribution in [-0.2, 0) is 14.8 Å². The Morgan fingerprint density at radius 3 is 2.72 bits per heavy atom. The van der Waals surface area contributed by atoms with Crippen LogP contribution < -0.4 is 10.0 Å². The van der Waals surface area contributed by atoms with E-state index in [2.05, 4.69) is 17.0 Å². The van der Waals surface area contributed by atoms with E-state index in [1.165, 1.54) is 6.42 Å². The van der Waals surface area contributed by atoms with E-state index in [0.29, 0.717) is 18.0 Å². The summed E-state index contributed by atoms with van der Waals surface area (Å²) in [7, 11) is -3.33. The number of carbonyl (C=O) groups excluding carboxylic acids is 1. The van der Waals surface area contributed by atoms with Crippen molar-refractivity contribution in [3.8, 4) is 0 Å². The highest BCUT2D eigenvalue weighted by Gasteiger charge is 2.20. The lowest BCUT2D eigenvalue weighted by Gasteiger charge is -2.31. The van der Waals surface area contributed by atoms with E-state index in [-0.39, 0.29) is 18.2 Å². The molecule has 2 rings (SSSR count). The zero-order chi connectivity index (χ0) is 18.4. The number of carbonyl (C=O) groups is 1. The van der Waals surface area contributed by atoms with Crippen molar-refractivity contribution in [1.29, 1.82) is 0 Å². The summed E-state index contributed by atoms with van der Waals surface area (Å²) in [5, 5.41) is 3.16. The van der Waals surface area contributed by atoms with Gasteiger partial charge < -0.3 is 10.2 Å². The fourth-order valence-electron chi connectivity index (χ4n) is 3.12. The SMILES string of the molecule is CCCS(=O)(=O)Nc1cccc(NCC(=O)N2CCC[C@H](C)C2)c1C. The van der Waals surface area contributed by atoms with Gasteiger partial charge in [0.15, 0.2) is 0 Å². The number of piperidine rings is 1. The Morgan fingerprint density at radius 2 is 2.04 bits per heavy atom. The van der Waals surface area contributed by atoms with E-state index in [9.17, 15) is 13.2 Å². The van der Waals surface area contributed by atoms with Crippen LogP contribution in [0.2, 0.25) is 0 Å². The van der Waals surface area contributed by atoms with Gasteiger partial charge in [-0.3, -0.25) is 9.52 Å². The third kappa shape index (κ3) is 5.63. The van der Waals surface area contributed by atoms with Crippen molar-refractivity contribution in [2.45, 2.75) is 40.0 Å². The molecule has 140 valence electrons. The molecule has 25 heavy (non-hydrogen) atoms. The monoisotopic (exact) mass is 367 g/mol. The molecule has 1 aliphatic heterocycles. The molecule has 6 nitrogen and oxygen atoms in total. The Bertz CT molecular complexity index is 704. The van der Waals surface area contributed by atoms with E-state index in [4.69, 9.17) is 0 Å². The van der Waals surface area contributed by atoms with E-state index in [0.717, 1.165) is 30.8 Å². The number of sulfonamides is 1. The number of nitrogens with one attached hydrogen (secondary N) is 2. The second kappa shape index (κ2) is 8.56. The van der Waals surface area contributed by atoms with Gasteiger partial charge in [0.05, 0.1) is 18.0 Å². The van der Waals surface area contributed by atoms with Gasteiger partial charge in [-0.2, -0.15) is 0 Å². The van der Waals surface area contributed by atoms with Crippen LogP contribution in [0.3, 0.4) is 0 Å². The number of hydrogen-bond acceptors (Lipinski definition) is 4. The first kappa shape index (κ1) is 19.6. The third-order valence-corrected chi connectivity index (χ3v) is 5.99. The van der Waals surface area contributed by atoms with Crippen molar-refractivity contribution in [2.75, 3.05) is 35.4 Å². The van der Waals surface area contributed by atoms with E-state index in [1.807, 2.05) is 24.8 Å². The van der Waals surface area contributed by atoms with Gasteiger partial charge in [-0.1, -0.05) is 19.9 Å². The largest absolute Gasteiger partial charge is 0.376 e. The van der Waals surface area contributed by atoms with Crippen LogP contribution in [0.4, 0.5) is 11.4 Å². The summed E-state index contributed by atoms with van der Waals surface area (Å²) in [6.07, 6.45) is 2.80. The first-order valence-electron chi connectivity index (χ1n) is 8.94. The van der Waals surface area contributed by atoms with Gasteiger partial charge in [0, 0.05) is 18.8 Å². The Labute approximate surface area is 151 Å². The fourth-order valence-corrected chi connectivity index (χ4v) is 4.32. The molecule has 0 saturated carbocycles. The number of nitrogens with zero attached hydrogens (tertiary/aromatic N) is 1. The maximum absolute atomic E-state index is 12.4. The molecule has 0 aromatic heterocycles. The van der Waals surface area contributed by atoms with Gasteiger partial charge in [-0.25, -0.2) is 8.42 Å². The molecule has 1 aromatic rings. The molecular formula is C18H29N3O3S. The highest BCUT2D eigenvalue weighted by molar-refractivity contribution is 7.92. The maximum atomic E-state index is 12.4. The average molecular weight is 368 g/mol. The van der Waals surface area contributed by atoms with Crippen LogP contribution in [0.15, 0.2) is 18.2 Å². The summed E-state index contributed by atoms with van der Waals surface area (Å²) in [6.45, 7) is 7.70. The average Bonchev–Trinajstić information content (AvgIpc) is 2.55. The smallest absolute Gasteiger partial charge is 0.241 e. The molecule has 0 spiro atoms. The number of anilines is 2. The Morgan fingerprint density at radius 1 is 1.32 bits per heavy atom. The summed E-state index contributed by atoms with van der Waals surface area (Å²) in [4.78, 5) is 14.3. The van der Waals surface area contributed by atoms with Gasteiger partial charge in [-0.15, -0.1) is 0 Å². The number of likely N-dealkylation sites (tertiary alicyclic amines) is 1. The molecule has 1 atom stereocenters. The van der Waals surface area contributed by atoms with Crippen LogP contribution in [0.5, 0.6) is 0 Å². The molecule has 7 heteroatoms. The summed E-state index contributed by atoms with van der Waals surface area (Å²) < 4.78 is 26.6. The number of hydrogen-bond donors (Lipinski definition) is 2. The lowest BCUT2D eigenvalue weighted by molar-refractivity contribution is -0.130. The van der Waals surface area contributed by atoms with Crippen molar-refractivity contribution in [1.82, 2.24) is 4.90 Å². The molecule has 1 heterocycles. The second-order valence-corrected chi connectivity index (χ2v) is 8.68. The standard InChI is InChI=1S/C18H29N3O3S/c1-4-11-25(23,24)20-17-9-5-8-16(15(17)3)19-12-18(22)21-10-6-7-14(2)13-21/h5,8-9,14,19-20H,4,6-7,10-13H2,1-3H3/t14-/m0/s1. The predicted molar refractivity (Wildman–Crippen MR) is 102 cm³/mol. The normalized spacial score (nSPS) is 18.0. The minimum Gasteiger partial charge on any atom is -0.376 e. The van der Waals surface area contributed by atoms with Crippen molar-refractivity contribution < 1.29 is 13.2 Å². The van der Waals surface area contributed by atoms with E-state index >= 15 is 0 Å². The highest BCUT2D eigenvalue weighted by Crippen LogP contribution is 2.24. The van der Waals surface area contributed by atoms with Gasteiger partial charge in [0.25, 0.3) is 0 Å². The third-order valence-electron chi connectivity index (χ3n) is 4.51. The van der Waals surface area contributed by atoms with Crippen LogP contribution in [0.25, 0.3) is 0 Å². The van der Waals surface area contributed by atoms with Crippen molar-refractivity contribution in [3.05, 3.63) is 23.8 Å². The number of amides is 1. The lowest BCUT2D eigenvalue weighted by Crippen LogP contribution is -2.42. The summed E-state index contributed by atoms with van der Waals surface area (Å²) in [5.74, 6) is 0.731. The topological polar surface area (TPSA) is 78.5 Å². The van der Waals surface area contributed by atoms with E-state index < -0.39 is 10.0 Å². The van der Waals surface area contributed by atoms with E-state index in [1.54, 1.807) is 12.1 Å². The highest BCUT2D eigenvalue weighted by atomic mass is 32.2. The van der Waals surface area contributed by atoms with Crippen molar-refractivity contribution >= 4 is 27.3 Å². The zero-order valence-corrected chi connectivity index (χ0v) is 16.2. The molecule has 0 unspecified atom stereocenters. The van der Waals surface area contributed by atoms with Gasteiger partial charge in [0.1, 0.15) is 0 Å². The zero-order valence-electron chi connectivity index (χ0n) is 15.3. The molecule has 1 aliphatic rings. The van der Waals surface area contributed by atoms with Gasteiger partial charge in [0.2, 0.25) is 15.9 Å². The van der Waals surface area contributed by atoms with Crippen LogP contribution >= 0.6 is 0 Å². The molecule has 0 bridgehead atoms. The quantitative estimate of drug-likeness (QED) is 0.777. The summed E-state index contributed by atoms with van der Waals surface area (Å²) in [5.41, 5.74) is 2.12. The first-order chi connectivity index (χ1) is 11.8. The summed E-state index contributed by atoms with van der Waals surface area (Å²) in [6, 6.07) is 5.38. The van der Waals surface area contributed by atoms with Crippen molar-refractivity contribution in [3.63, 3.8) is 0 Å². The Balaban J connectivity index is 2.00. The van der Waals surface area contributed by atoms with Gasteiger partial charge >= 0.3 is 0 Å². The molecule has 1 fully saturated rings.